The number of benzene rings is 2. The van der Waals surface area contributed by atoms with E-state index in [9.17, 15) is 4.79 Å². The Bertz CT molecular complexity index is 839. The Morgan fingerprint density at radius 3 is 2.64 bits per heavy atom. The van der Waals surface area contributed by atoms with E-state index in [4.69, 9.17) is 4.74 Å². The van der Waals surface area contributed by atoms with Gasteiger partial charge in [0.1, 0.15) is 12.4 Å². The molecule has 2 aromatic carbocycles. The fourth-order valence-electron chi connectivity index (χ4n) is 3.00. The van der Waals surface area contributed by atoms with Crippen LogP contribution < -0.4 is 10.1 Å². The quantitative estimate of drug-likeness (QED) is 0.673. The van der Waals surface area contributed by atoms with Crippen LogP contribution in [0.5, 0.6) is 5.75 Å². The van der Waals surface area contributed by atoms with Crippen molar-refractivity contribution < 1.29 is 9.53 Å². The first kappa shape index (κ1) is 17.1. The second-order valence-electron chi connectivity index (χ2n) is 6.10. The van der Waals surface area contributed by atoms with Crippen LogP contribution in [0.15, 0.2) is 54.6 Å². The Balaban J connectivity index is 1.77. The molecule has 130 valence electrons. The molecule has 0 aliphatic rings. The number of ether oxygens (including phenoxy) is 1. The number of aromatic amines is 1. The van der Waals surface area contributed by atoms with Crippen LogP contribution in [0.25, 0.3) is 10.9 Å². The molecule has 1 atom stereocenters. The molecule has 0 bridgehead atoms. The highest BCUT2D eigenvalue weighted by atomic mass is 16.5. The summed E-state index contributed by atoms with van der Waals surface area (Å²) in [6.45, 7) is 5.15. The average Bonchev–Trinajstić information content (AvgIpc) is 3.04. The molecule has 0 saturated heterocycles. The van der Waals surface area contributed by atoms with Crippen LogP contribution in [-0.4, -0.2) is 17.4 Å². The summed E-state index contributed by atoms with van der Waals surface area (Å²) in [5, 5.41) is 3.96. The zero-order chi connectivity index (χ0) is 17.6. The van der Waals surface area contributed by atoms with Gasteiger partial charge in [-0.25, -0.2) is 0 Å². The number of H-pyrrole nitrogens is 1. The first-order valence-corrected chi connectivity index (χ1v) is 8.78. The summed E-state index contributed by atoms with van der Waals surface area (Å²) in [4.78, 5) is 15.6. The van der Waals surface area contributed by atoms with Gasteiger partial charge in [-0.05, 0) is 43.2 Å². The predicted molar refractivity (Wildman–Crippen MR) is 101 cm³/mol. The van der Waals surface area contributed by atoms with E-state index in [-0.39, 0.29) is 11.8 Å². The third kappa shape index (κ3) is 4.02. The Kier molecular flexibility index (Phi) is 5.39. The van der Waals surface area contributed by atoms with E-state index in [0.717, 1.165) is 34.3 Å². The lowest BCUT2D eigenvalue weighted by Gasteiger charge is -2.12. The maximum Gasteiger partial charge on any atom is 0.229 e. The molecule has 3 aromatic rings. The fraction of sp³-hybridized carbons (Fsp3) is 0.286. The zero-order valence-electron chi connectivity index (χ0n) is 14.7. The van der Waals surface area contributed by atoms with Gasteiger partial charge in [0.05, 0.1) is 5.92 Å². The zero-order valence-corrected chi connectivity index (χ0v) is 14.7. The summed E-state index contributed by atoms with van der Waals surface area (Å²) in [7, 11) is 0. The van der Waals surface area contributed by atoms with Gasteiger partial charge in [-0.15, -0.1) is 0 Å². The molecule has 0 spiro atoms. The van der Waals surface area contributed by atoms with Crippen molar-refractivity contribution in [2.45, 2.75) is 32.8 Å². The number of hydrogen-bond donors (Lipinski definition) is 2. The molecule has 1 aromatic heterocycles. The van der Waals surface area contributed by atoms with Crippen LogP contribution in [0.1, 0.15) is 37.4 Å². The van der Waals surface area contributed by atoms with Gasteiger partial charge in [0.25, 0.3) is 0 Å². The first-order valence-electron chi connectivity index (χ1n) is 8.78. The second-order valence-corrected chi connectivity index (χ2v) is 6.10. The summed E-state index contributed by atoms with van der Waals surface area (Å²) in [6.07, 6.45) is 0.760. The Labute approximate surface area is 148 Å². The highest BCUT2D eigenvalue weighted by molar-refractivity contribution is 5.87. The van der Waals surface area contributed by atoms with Crippen LogP contribution in [0.3, 0.4) is 0 Å². The Morgan fingerprint density at radius 1 is 1.12 bits per heavy atom. The van der Waals surface area contributed by atoms with Gasteiger partial charge in [-0.3, -0.25) is 4.79 Å². The predicted octanol–water partition coefficient (Wildman–Crippen LogP) is 4.38. The lowest BCUT2D eigenvalue weighted by molar-refractivity contribution is -0.122. The van der Waals surface area contributed by atoms with Crippen LogP contribution in [0, 0.1) is 0 Å². The largest absolute Gasteiger partial charge is 0.489 e. The van der Waals surface area contributed by atoms with Crippen LogP contribution in [0.2, 0.25) is 0 Å². The minimum absolute atomic E-state index is 0.0668. The molecule has 3 rings (SSSR count). The summed E-state index contributed by atoms with van der Waals surface area (Å²) >= 11 is 0. The normalized spacial score (nSPS) is 12.1. The smallest absolute Gasteiger partial charge is 0.229 e. The molecule has 0 aliphatic heterocycles. The van der Waals surface area contributed by atoms with Crippen molar-refractivity contribution in [3.05, 3.63) is 65.9 Å². The molecule has 4 heteroatoms. The molecule has 4 nitrogen and oxygen atoms in total. The molecular formula is C21H24N2O2. The van der Waals surface area contributed by atoms with E-state index >= 15 is 0 Å². The van der Waals surface area contributed by atoms with E-state index in [1.165, 1.54) is 0 Å². The van der Waals surface area contributed by atoms with Crippen LogP contribution in [-0.2, 0) is 11.4 Å². The van der Waals surface area contributed by atoms with E-state index in [1.807, 2.05) is 68.4 Å². The number of likely N-dealkylation sites (N-methyl/N-ethyl adjacent to an activating group) is 1. The number of hydrogen-bond acceptors (Lipinski definition) is 2. The second kappa shape index (κ2) is 7.88. The van der Waals surface area contributed by atoms with Gasteiger partial charge in [0.2, 0.25) is 5.91 Å². The Morgan fingerprint density at radius 2 is 1.92 bits per heavy atom. The van der Waals surface area contributed by atoms with Crippen LogP contribution >= 0.6 is 0 Å². The molecule has 0 radical (unpaired) electrons. The number of carbonyl (C=O) groups excluding carboxylic acids is 1. The SMILES string of the molecule is CCNC(=O)C(CC)c1cc2cc(OCc3ccccc3)ccc2[nH]1. The lowest BCUT2D eigenvalue weighted by atomic mass is 10.0. The van der Waals surface area contributed by atoms with Crippen molar-refractivity contribution in [3.8, 4) is 5.75 Å². The first-order chi connectivity index (χ1) is 12.2. The number of aromatic nitrogens is 1. The Hall–Kier alpha value is -2.75. The van der Waals surface area contributed by atoms with E-state index in [2.05, 4.69) is 10.3 Å². The highest BCUT2D eigenvalue weighted by Gasteiger charge is 2.20. The monoisotopic (exact) mass is 336 g/mol. The minimum atomic E-state index is -0.152. The van der Waals surface area contributed by atoms with Crippen LogP contribution in [0.4, 0.5) is 0 Å². The van der Waals surface area contributed by atoms with Gasteiger partial charge < -0.3 is 15.0 Å². The molecule has 1 heterocycles. The number of amides is 1. The maximum atomic E-state index is 12.2. The third-order valence-electron chi connectivity index (χ3n) is 4.31. The fourth-order valence-corrected chi connectivity index (χ4v) is 3.00. The molecule has 0 fully saturated rings. The number of rotatable bonds is 7. The molecule has 1 unspecified atom stereocenters. The number of fused-ring (bicyclic) bond motifs is 1. The molecule has 0 saturated carbocycles. The van der Waals surface area contributed by atoms with Gasteiger partial charge in [-0.2, -0.15) is 0 Å². The summed E-state index contributed by atoms with van der Waals surface area (Å²) in [5.41, 5.74) is 3.10. The number of nitrogens with one attached hydrogen (secondary N) is 2. The molecule has 2 N–H and O–H groups in total. The summed E-state index contributed by atoms with van der Waals surface area (Å²) in [6, 6.07) is 18.1. The van der Waals surface area contributed by atoms with Crippen molar-refractivity contribution in [1.29, 1.82) is 0 Å². The van der Waals surface area contributed by atoms with E-state index < -0.39 is 0 Å². The van der Waals surface area contributed by atoms with E-state index in [0.29, 0.717) is 13.2 Å². The van der Waals surface area contributed by atoms with Gasteiger partial charge >= 0.3 is 0 Å². The van der Waals surface area contributed by atoms with Crippen molar-refractivity contribution >= 4 is 16.8 Å². The lowest BCUT2D eigenvalue weighted by Crippen LogP contribution is -2.28. The minimum Gasteiger partial charge on any atom is -0.489 e. The molecule has 1 amide bonds. The topological polar surface area (TPSA) is 54.1 Å². The number of carbonyl (C=O) groups is 1. The third-order valence-corrected chi connectivity index (χ3v) is 4.31. The van der Waals surface area contributed by atoms with Crippen molar-refractivity contribution in [1.82, 2.24) is 10.3 Å². The van der Waals surface area contributed by atoms with E-state index in [1.54, 1.807) is 0 Å². The summed E-state index contributed by atoms with van der Waals surface area (Å²) in [5.74, 6) is 0.742. The van der Waals surface area contributed by atoms with Gasteiger partial charge in [0, 0.05) is 23.1 Å². The van der Waals surface area contributed by atoms with Gasteiger partial charge in [0.15, 0.2) is 0 Å². The highest BCUT2D eigenvalue weighted by Crippen LogP contribution is 2.27. The standard InChI is InChI=1S/C21H24N2O2/c1-3-18(21(24)22-4-2)20-13-16-12-17(10-11-19(16)23-20)25-14-15-8-6-5-7-9-15/h5-13,18,23H,3-4,14H2,1-2H3,(H,22,24). The van der Waals surface area contributed by atoms with Crippen molar-refractivity contribution in [3.63, 3.8) is 0 Å². The summed E-state index contributed by atoms with van der Waals surface area (Å²) < 4.78 is 5.89. The van der Waals surface area contributed by atoms with Crippen molar-refractivity contribution in [2.24, 2.45) is 0 Å². The molecule has 25 heavy (non-hydrogen) atoms. The average molecular weight is 336 g/mol. The maximum absolute atomic E-state index is 12.2. The van der Waals surface area contributed by atoms with Gasteiger partial charge in [-0.1, -0.05) is 37.3 Å². The van der Waals surface area contributed by atoms with Crippen molar-refractivity contribution in [2.75, 3.05) is 6.54 Å². The molecule has 0 aliphatic carbocycles. The molecular weight excluding hydrogens is 312 g/mol.